The molecule has 0 bridgehead atoms. The minimum absolute atomic E-state index is 0.0653. The van der Waals surface area contributed by atoms with Crippen molar-refractivity contribution in [2.45, 2.75) is 39.2 Å². The molecule has 1 saturated heterocycles. The first-order valence-electron chi connectivity index (χ1n) is 6.34. The highest BCUT2D eigenvalue weighted by Crippen LogP contribution is 2.18. The molecule has 1 amide bonds. The maximum atomic E-state index is 12.2. The van der Waals surface area contributed by atoms with Gasteiger partial charge in [-0.25, -0.2) is 0 Å². The third-order valence-corrected chi connectivity index (χ3v) is 3.71. The van der Waals surface area contributed by atoms with Gasteiger partial charge in [-0.05, 0) is 38.6 Å². The van der Waals surface area contributed by atoms with Crippen LogP contribution in [0.2, 0.25) is 0 Å². The molecule has 2 unspecified atom stereocenters. The fraction of sp³-hybridized carbons (Fsp3) is 0.769. The third-order valence-electron chi connectivity index (χ3n) is 3.71. The highest BCUT2D eigenvalue weighted by Gasteiger charge is 2.28. The molecule has 2 atom stereocenters. The summed E-state index contributed by atoms with van der Waals surface area (Å²) < 4.78 is 0. The lowest BCUT2D eigenvalue weighted by Gasteiger charge is -2.33. The summed E-state index contributed by atoms with van der Waals surface area (Å²) in [6.45, 7) is 7.06. The Hall–Kier alpha value is -0.830. The average molecular weight is 222 g/mol. The van der Waals surface area contributed by atoms with E-state index in [-0.39, 0.29) is 6.04 Å². The topological polar surface area (TPSA) is 32.3 Å². The fourth-order valence-corrected chi connectivity index (χ4v) is 2.49. The van der Waals surface area contributed by atoms with Gasteiger partial charge in [-0.3, -0.25) is 4.79 Å². The highest BCUT2D eigenvalue weighted by atomic mass is 16.2. The predicted molar refractivity (Wildman–Crippen MR) is 65.1 cm³/mol. The van der Waals surface area contributed by atoms with Gasteiger partial charge in [0.15, 0.2) is 0 Å². The van der Waals surface area contributed by atoms with Crippen LogP contribution < -0.4 is 5.32 Å². The van der Waals surface area contributed by atoms with Crippen LogP contribution in [-0.4, -0.2) is 36.5 Å². The summed E-state index contributed by atoms with van der Waals surface area (Å²) in [5, 5.41) is 3.35. The van der Waals surface area contributed by atoms with E-state index < -0.39 is 0 Å². The molecule has 2 heterocycles. The standard InChI is InChI=1S/C13H22N2O/c1-10-4-7-15(8-5-10)13(16)12-9-11(2)3-6-14-12/h4,11-12,14H,3,5-9H2,1-2H3. The summed E-state index contributed by atoms with van der Waals surface area (Å²) in [4.78, 5) is 14.2. The highest BCUT2D eigenvalue weighted by molar-refractivity contribution is 5.82. The van der Waals surface area contributed by atoms with Crippen molar-refractivity contribution in [1.82, 2.24) is 10.2 Å². The van der Waals surface area contributed by atoms with E-state index in [0.717, 1.165) is 32.5 Å². The minimum Gasteiger partial charge on any atom is -0.337 e. The van der Waals surface area contributed by atoms with Crippen molar-refractivity contribution >= 4 is 5.91 Å². The van der Waals surface area contributed by atoms with Crippen LogP contribution in [0.3, 0.4) is 0 Å². The van der Waals surface area contributed by atoms with Crippen molar-refractivity contribution < 1.29 is 4.79 Å². The van der Waals surface area contributed by atoms with Crippen molar-refractivity contribution in [1.29, 1.82) is 0 Å². The van der Waals surface area contributed by atoms with Crippen LogP contribution >= 0.6 is 0 Å². The van der Waals surface area contributed by atoms with Crippen molar-refractivity contribution in [2.75, 3.05) is 19.6 Å². The van der Waals surface area contributed by atoms with Gasteiger partial charge >= 0.3 is 0 Å². The average Bonchev–Trinajstić information content (AvgIpc) is 2.29. The van der Waals surface area contributed by atoms with E-state index in [1.54, 1.807) is 0 Å². The lowest BCUT2D eigenvalue weighted by molar-refractivity contribution is -0.134. The Bertz CT molecular complexity index is 298. The van der Waals surface area contributed by atoms with Gasteiger partial charge in [0.2, 0.25) is 5.91 Å². The van der Waals surface area contributed by atoms with Crippen LogP contribution in [0, 0.1) is 5.92 Å². The monoisotopic (exact) mass is 222 g/mol. The number of carbonyl (C=O) groups is 1. The van der Waals surface area contributed by atoms with Crippen LogP contribution in [-0.2, 0) is 4.79 Å². The van der Waals surface area contributed by atoms with E-state index in [2.05, 4.69) is 25.2 Å². The zero-order valence-electron chi connectivity index (χ0n) is 10.3. The molecule has 2 aliphatic rings. The first kappa shape index (κ1) is 11.6. The van der Waals surface area contributed by atoms with Crippen LogP contribution in [0.5, 0.6) is 0 Å². The quantitative estimate of drug-likeness (QED) is 0.683. The molecule has 2 rings (SSSR count). The van der Waals surface area contributed by atoms with Gasteiger partial charge in [-0.1, -0.05) is 18.6 Å². The smallest absolute Gasteiger partial charge is 0.240 e. The molecule has 1 fully saturated rings. The molecule has 0 aromatic heterocycles. The SMILES string of the molecule is CC1=CCN(C(=O)C2CC(C)CCN2)CC1. The Morgan fingerprint density at radius 3 is 3.00 bits per heavy atom. The fourth-order valence-electron chi connectivity index (χ4n) is 2.49. The zero-order valence-corrected chi connectivity index (χ0v) is 10.3. The number of piperidine rings is 1. The lowest BCUT2D eigenvalue weighted by atomic mass is 9.93. The van der Waals surface area contributed by atoms with E-state index >= 15 is 0 Å². The number of hydrogen-bond donors (Lipinski definition) is 1. The van der Waals surface area contributed by atoms with Crippen LogP contribution in [0.4, 0.5) is 0 Å². The van der Waals surface area contributed by atoms with Crippen LogP contribution in [0.25, 0.3) is 0 Å². The molecule has 3 heteroatoms. The molecule has 0 aliphatic carbocycles. The molecule has 3 nitrogen and oxygen atoms in total. The maximum Gasteiger partial charge on any atom is 0.240 e. The second-order valence-corrected chi connectivity index (χ2v) is 5.22. The Morgan fingerprint density at radius 1 is 1.56 bits per heavy atom. The molecular weight excluding hydrogens is 200 g/mol. The lowest BCUT2D eigenvalue weighted by Crippen LogP contribution is -2.50. The summed E-state index contributed by atoms with van der Waals surface area (Å²) in [5.74, 6) is 0.979. The molecule has 0 spiro atoms. The molecule has 0 aromatic rings. The van der Waals surface area contributed by atoms with E-state index in [1.807, 2.05) is 4.90 Å². The van der Waals surface area contributed by atoms with Gasteiger partial charge in [0.25, 0.3) is 0 Å². The molecule has 0 radical (unpaired) electrons. The second-order valence-electron chi connectivity index (χ2n) is 5.22. The maximum absolute atomic E-state index is 12.2. The number of amides is 1. The summed E-state index contributed by atoms with van der Waals surface area (Å²) in [5.41, 5.74) is 1.41. The largest absolute Gasteiger partial charge is 0.337 e. The Balaban J connectivity index is 1.92. The van der Waals surface area contributed by atoms with Crippen molar-refractivity contribution in [3.8, 4) is 0 Å². The number of rotatable bonds is 1. The normalized spacial score (nSPS) is 31.1. The van der Waals surface area contributed by atoms with Gasteiger partial charge in [0.1, 0.15) is 0 Å². The van der Waals surface area contributed by atoms with Crippen LogP contribution in [0.1, 0.15) is 33.1 Å². The van der Waals surface area contributed by atoms with E-state index in [1.165, 1.54) is 12.0 Å². The van der Waals surface area contributed by atoms with Gasteiger partial charge in [0.05, 0.1) is 6.04 Å². The summed E-state index contributed by atoms with van der Waals surface area (Å²) in [6.07, 6.45) is 5.41. The second kappa shape index (κ2) is 5.00. The van der Waals surface area contributed by atoms with Crippen molar-refractivity contribution in [2.24, 2.45) is 5.92 Å². The van der Waals surface area contributed by atoms with Gasteiger partial charge in [-0.15, -0.1) is 0 Å². The Labute approximate surface area is 97.9 Å². The van der Waals surface area contributed by atoms with E-state index in [0.29, 0.717) is 11.8 Å². The van der Waals surface area contributed by atoms with Crippen molar-refractivity contribution in [3.05, 3.63) is 11.6 Å². The minimum atomic E-state index is 0.0653. The summed E-state index contributed by atoms with van der Waals surface area (Å²) in [6, 6.07) is 0.0653. The molecular formula is C13H22N2O. The molecule has 90 valence electrons. The molecule has 1 N–H and O–H groups in total. The van der Waals surface area contributed by atoms with Crippen molar-refractivity contribution in [3.63, 3.8) is 0 Å². The van der Waals surface area contributed by atoms with Gasteiger partial charge < -0.3 is 10.2 Å². The number of hydrogen-bond acceptors (Lipinski definition) is 2. The Kier molecular flexibility index (Phi) is 3.64. The number of nitrogens with zero attached hydrogens (tertiary/aromatic N) is 1. The predicted octanol–water partition coefficient (Wildman–Crippen LogP) is 1.55. The zero-order chi connectivity index (χ0) is 11.5. The molecule has 16 heavy (non-hydrogen) atoms. The number of carbonyl (C=O) groups excluding carboxylic acids is 1. The Morgan fingerprint density at radius 2 is 2.38 bits per heavy atom. The van der Waals surface area contributed by atoms with E-state index in [4.69, 9.17) is 0 Å². The number of nitrogens with one attached hydrogen (secondary N) is 1. The van der Waals surface area contributed by atoms with Gasteiger partial charge in [-0.2, -0.15) is 0 Å². The van der Waals surface area contributed by atoms with Gasteiger partial charge in [0, 0.05) is 13.1 Å². The first-order valence-corrected chi connectivity index (χ1v) is 6.34. The van der Waals surface area contributed by atoms with Crippen LogP contribution in [0.15, 0.2) is 11.6 Å². The van der Waals surface area contributed by atoms with E-state index in [9.17, 15) is 4.79 Å². The third kappa shape index (κ3) is 2.64. The molecule has 0 saturated carbocycles. The first-order chi connectivity index (χ1) is 7.66. The molecule has 0 aromatic carbocycles. The molecule has 2 aliphatic heterocycles. The summed E-state index contributed by atoms with van der Waals surface area (Å²) in [7, 11) is 0. The summed E-state index contributed by atoms with van der Waals surface area (Å²) >= 11 is 0.